The van der Waals surface area contributed by atoms with Crippen LogP contribution >= 0.6 is 15.9 Å². The first-order chi connectivity index (χ1) is 15.5. The molecule has 0 bridgehead atoms. The number of methoxy groups -OCH3 is 1. The van der Waals surface area contributed by atoms with Crippen LogP contribution in [0.15, 0.2) is 58.1 Å². The Labute approximate surface area is 195 Å². The molecule has 0 saturated carbocycles. The molecule has 3 aromatic rings. The lowest BCUT2D eigenvalue weighted by atomic mass is 9.96. The Hall–Kier alpha value is -2.71. The summed E-state index contributed by atoms with van der Waals surface area (Å²) in [4.78, 5) is 31.8. The van der Waals surface area contributed by atoms with Crippen LogP contribution in [0.5, 0.6) is 5.75 Å². The lowest BCUT2D eigenvalue weighted by molar-refractivity contribution is -0.122. The van der Waals surface area contributed by atoms with Gasteiger partial charge in [0.1, 0.15) is 12.3 Å². The minimum absolute atomic E-state index is 0.0232. The zero-order valence-electron chi connectivity index (χ0n) is 18.1. The van der Waals surface area contributed by atoms with E-state index < -0.39 is 0 Å². The topological polar surface area (TPSA) is 76.5 Å². The molecule has 1 N–H and O–H groups in total. The second-order valence-electron chi connectivity index (χ2n) is 8.21. The van der Waals surface area contributed by atoms with E-state index in [1.807, 2.05) is 18.2 Å². The maximum Gasteiger partial charge on any atom is 0.261 e. The summed E-state index contributed by atoms with van der Waals surface area (Å²) in [5.74, 6) is 1.16. The Morgan fingerprint density at radius 2 is 1.94 bits per heavy atom. The van der Waals surface area contributed by atoms with Crippen LogP contribution in [-0.2, 0) is 17.9 Å². The fraction of sp³-hybridized carbons (Fsp3) is 0.375. The van der Waals surface area contributed by atoms with Crippen LogP contribution in [0.1, 0.15) is 18.4 Å². The second-order valence-corrected chi connectivity index (χ2v) is 9.13. The van der Waals surface area contributed by atoms with Crippen molar-refractivity contribution in [1.82, 2.24) is 19.8 Å². The van der Waals surface area contributed by atoms with Crippen molar-refractivity contribution in [2.75, 3.05) is 26.7 Å². The highest BCUT2D eigenvalue weighted by atomic mass is 79.9. The van der Waals surface area contributed by atoms with Gasteiger partial charge >= 0.3 is 0 Å². The Morgan fingerprint density at radius 3 is 2.66 bits per heavy atom. The van der Waals surface area contributed by atoms with E-state index >= 15 is 0 Å². The third kappa shape index (κ3) is 5.55. The van der Waals surface area contributed by atoms with E-state index in [-0.39, 0.29) is 18.0 Å². The van der Waals surface area contributed by atoms with E-state index in [1.54, 1.807) is 19.2 Å². The molecule has 4 rings (SSSR count). The van der Waals surface area contributed by atoms with Gasteiger partial charge in [-0.2, -0.15) is 0 Å². The fourth-order valence-corrected chi connectivity index (χ4v) is 4.41. The molecule has 0 radical (unpaired) electrons. The highest BCUT2D eigenvalue weighted by Crippen LogP contribution is 2.20. The number of carbonyl (C=O) groups is 1. The minimum Gasteiger partial charge on any atom is -0.497 e. The number of hydrogen-bond acceptors (Lipinski definition) is 5. The van der Waals surface area contributed by atoms with Gasteiger partial charge < -0.3 is 10.1 Å². The van der Waals surface area contributed by atoms with Crippen LogP contribution in [0.4, 0.5) is 0 Å². The summed E-state index contributed by atoms with van der Waals surface area (Å²) in [7, 11) is 1.68. The number of nitrogens with zero attached hydrogens (tertiary/aromatic N) is 3. The summed E-state index contributed by atoms with van der Waals surface area (Å²) in [6, 6.07) is 13.6. The molecule has 1 saturated heterocycles. The zero-order valence-corrected chi connectivity index (χ0v) is 19.7. The number of ether oxygens (including phenoxy) is 1. The van der Waals surface area contributed by atoms with Crippen molar-refractivity contribution < 1.29 is 9.53 Å². The summed E-state index contributed by atoms with van der Waals surface area (Å²) in [5, 5.41) is 3.50. The van der Waals surface area contributed by atoms with Gasteiger partial charge in [0.05, 0.1) is 24.3 Å². The second kappa shape index (κ2) is 10.3. The number of hydrogen-bond donors (Lipinski definition) is 1. The van der Waals surface area contributed by atoms with E-state index in [0.717, 1.165) is 42.7 Å². The number of rotatable bonds is 7. The number of benzene rings is 2. The van der Waals surface area contributed by atoms with Crippen molar-refractivity contribution in [3.8, 4) is 5.75 Å². The first-order valence-electron chi connectivity index (χ1n) is 10.8. The molecule has 1 aliphatic heterocycles. The summed E-state index contributed by atoms with van der Waals surface area (Å²) < 4.78 is 7.39. The third-order valence-electron chi connectivity index (χ3n) is 5.96. The van der Waals surface area contributed by atoms with Gasteiger partial charge in [-0.15, -0.1) is 0 Å². The van der Waals surface area contributed by atoms with Gasteiger partial charge in [0.15, 0.2) is 0 Å². The van der Waals surface area contributed by atoms with Crippen LogP contribution in [0, 0.1) is 5.92 Å². The first-order valence-corrected chi connectivity index (χ1v) is 11.6. The van der Waals surface area contributed by atoms with E-state index in [0.29, 0.717) is 23.4 Å². The molecule has 2 aromatic carbocycles. The van der Waals surface area contributed by atoms with Gasteiger partial charge in [0.2, 0.25) is 5.91 Å². The SMILES string of the molecule is COc1ccc(CN2CCC(CNC(=O)Cn3cnc4ccc(Br)cc4c3=O)CC2)cc1. The standard InChI is InChI=1S/C24H27BrN4O3/c1-32-20-5-2-18(3-6-20)14-28-10-8-17(9-11-28)13-26-23(30)15-29-16-27-22-7-4-19(25)12-21(22)24(29)31/h2-7,12,16-17H,8-11,13-15H2,1H3,(H,26,30). The smallest absolute Gasteiger partial charge is 0.261 e. The van der Waals surface area contributed by atoms with E-state index in [2.05, 4.69) is 43.3 Å². The predicted octanol–water partition coefficient (Wildman–Crippen LogP) is 3.20. The van der Waals surface area contributed by atoms with Crippen LogP contribution < -0.4 is 15.6 Å². The highest BCUT2D eigenvalue weighted by molar-refractivity contribution is 9.10. The fourth-order valence-electron chi connectivity index (χ4n) is 4.05. The zero-order chi connectivity index (χ0) is 22.5. The van der Waals surface area contributed by atoms with E-state index in [4.69, 9.17) is 4.74 Å². The highest BCUT2D eigenvalue weighted by Gasteiger charge is 2.20. The molecule has 1 aliphatic rings. The van der Waals surface area contributed by atoms with Crippen LogP contribution in [0.3, 0.4) is 0 Å². The van der Waals surface area contributed by atoms with Crippen molar-refractivity contribution in [3.05, 3.63) is 69.2 Å². The van der Waals surface area contributed by atoms with Crippen molar-refractivity contribution >= 4 is 32.7 Å². The Bertz CT molecular complexity index is 1140. The van der Waals surface area contributed by atoms with Crippen molar-refractivity contribution in [2.24, 2.45) is 5.92 Å². The third-order valence-corrected chi connectivity index (χ3v) is 6.45. The minimum atomic E-state index is -0.210. The molecule has 1 fully saturated rings. The number of carbonyl (C=O) groups excluding carboxylic acids is 1. The van der Waals surface area contributed by atoms with Crippen molar-refractivity contribution in [2.45, 2.75) is 25.9 Å². The van der Waals surface area contributed by atoms with Gasteiger partial charge in [-0.1, -0.05) is 28.1 Å². The largest absolute Gasteiger partial charge is 0.497 e. The number of likely N-dealkylation sites (tertiary alicyclic amines) is 1. The average Bonchev–Trinajstić information content (AvgIpc) is 2.81. The lowest BCUT2D eigenvalue weighted by Crippen LogP contribution is -2.39. The summed E-state index contributed by atoms with van der Waals surface area (Å²) in [6.45, 7) is 3.56. The molecular weight excluding hydrogens is 472 g/mol. The molecule has 7 nitrogen and oxygen atoms in total. The molecule has 0 aliphatic carbocycles. The summed E-state index contributed by atoms with van der Waals surface area (Å²) >= 11 is 3.38. The number of piperidine rings is 1. The number of nitrogens with one attached hydrogen (secondary N) is 1. The van der Waals surface area contributed by atoms with Crippen molar-refractivity contribution in [1.29, 1.82) is 0 Å². The Balaban J connectivity index is 1.24. The molecule has 8 heteroatoms. The summed E-state index contributed by atoms with van der Waals surface area (Å²) in [5.41, 5.74) is 1.69. The first kappa shape index (κ1) is 22.5. The molecule has 168 valence electrons. The number of aromatic nitrogens is 2. The molecule has 1 aromatic heterocycles. The average molecular weight is 499 g/mol. The molecule has 0 unspecified atom stereocenters. The van der Waals surface area contributed by atoms with Gasteiger partial charge in [-0.3, -0.25) is 19.1 Å². The summed E-state index contributed by atoms with van der Waals surface area (Å²) in [6.07, 6.45) is 3.53. The van der Waals surface area contributed by atoms with Crippen LogP contribution in [0.2, 0.25) is 0 Å². The molecule has 0 spiro atoms. The normalized spacial score (nSPS) is 15.1. The van der Waals surface area contributed by atoms with Gasteiger partial charge in [-0.05, 0) is 67.7 Å². The van der Waals surface area contributed by atoms with Gasteiger partial charge in [0.25, 0.3) is 5.56 Å². The number of amides is 1. The van der Waals surface area contributed by atoms with Gasteiger partial charge in [0, 0.05) is 17.6 Å². The Morgan fingerprint density at radius 1 is 1.19 bits per heavy atom. The number of halogens is 1. The predicted molar refractivity (Wildman–Crippen MR) is 128 cm³/mol. The molecule has 2 heterocycles. The van der Waals surface area contributed by atoms with E-state index in [1.165, 1.54) is 16.5 Å². The van der Waals surface area contributed by atoms with Crippen LogP contribution in [-0.4, -0.2) is 47.1 Å². The maximum absolute atomic E-state index is 12.7. The van der Waals surface area contributed by atoms with Gasteiger partial charge in [-0.25, -0.2) is 4.98 Å². The van der Waals surface area contributed by atoms with E-state index in [9.17, 15) is 9.59 Å². The monoisotopic (exact) mass is 498 g/mol. The molecular formula is C24H27BrN4O3. The molecule has 32 heavy (non-hydrogen) atoms. The maximum atomic E-state index is 12.7. The molecule has 0 atom stereocenters. The van der Waals surface area contributed by atoms with Crippen molar-refractivity contribution in [3.63, 3.8) is 0 Å². The number of fused-ring (bicyclic) bond motifs is 1. The molecule has 1 amide bonds. The van der Waals surface area contributed by atoms with Crippen LogP contribution in [0.25, 0.3) is 10.9 Å². The Kier molecular flexibility index (Phi) is 7.22. The quantitative estimate of drug-likeness (QED) is 0.541. The lowest BCUT2D eigenvalue weighted by Gasteiger charge is -2.32.